The van der Waals surface area contributed by atoms with Gasteiger partial charge < -0.3 is 15.4 Å². The average Bonchev–Trinajstić information content (AvgIpc) is 2.65. The molecule has 0 saturated heterocycles. The number of nitriles is 1. The number of nitrogens with zero attached hydrogens (tertiary/aromatic N) is 1. The van der Waals surface area contributed by atoms with Gasteiger partial charge >= 0.3 is 11.8 Å². The lowest BCUT2D eigenvalue weighted by atomic mass is 10.0. The van der Waals surface area contributed by atoms with E-state index in [1.54, 1.807) is 31.2 Å². The zero-order chi connectivity index (χ0) is 19.8. The Balaban J connectivity index is 2.02. The number of carbonyl (C=O) groups excluding carboxylic acids is 2. The van der Waals surface area contributed by atoms with Crippen molar-refractivity contribution in [3.8, 4) is 11.2 Å². The van der Waals surface area contributed by atoms with Gasteiger partial charge in [0.1, 0.15) is 11.2 Å². The number of hydrogen-bond donors (Lipinski definition) is 2. The maximum absolute atomic E-state index is 12.2. The molecular formula is C20H21N3O3S. The number of rotatable bonds is 6. The summed E-state index contributed by atoms with van der Waals surface area (Å²) in [5.41, 5.74) is 2.33. The molecule has 7 heteroatoms. The van der Waals surface area contributed by atoms with Crippen molar-refractivity contribution in [2.24, 2.45) is 0 Å². The van der Waals surface area contributed by atoms with E-state index in [2.05, 4.69) is 10.6 Å². The first-order valence-electron chi connectivity index (χ1n) is 8.45. The molecule has 0 heterocycles. The summed E-state index contributed by atoms with van der Waals surface area (Å²) in [6.07, 6.45) is 0. The predicted octanol–water partition coefficient (Wildman–Crippen LogP) is 3.78. The zero-order valence-corrected chi connectivity index (χ0v) is 16.2. The Morgan fingerprint density at radius 2 is 1.89 bits per heavy atom. The number of thioether (sulfide) groups is 1. The van der Waals surface area contributed by atoms with Crippen LogP contribution in [0.1, 0.15) is 31.0 Å². The highest BCUT2D eigenvalue weighted by molar-refractivity contribution is 8.03. The van der Waals surface area contributed by atoms with Gasteiger partial charge in [-0.2, -0.15) is 5.26 Å². The molecule has 0 aliphatic rings. The largest absolute Gasteiger partial charge is 0.494 e. The van der Waals surface area contributed by atoms with Crippen LogP contribution in [-0.4, -0.2) is 18.4 Å². The molecule has 2 amide bonds. The minimum absolute atomic E-state index is 0.390. The number of nitrogens with one attached hydrogen (secondary N) is 2. The third kappa shape index (κ3) is 5.76. The Hall–Kier alpha value is -2.98. The molecule has 2 N–H and O–H groups in total. The topological polar surface area (TPSA) is 91.2 Å². The number of hydrogen-bond acceptors (Lipinski definition) is 5. The molecule has 6 nitrogen and oxygen atoms in total. The van der Waals surface area contributed by atoms with Gasteiger partial charge in [-0.3, -0.25) is 9.59 Å². The van der Waals surface area contributed by atoms with Crippen molar-refractivity contribution < 1.29 is 14.3 Å². The lowest BCUT2D eigenvalue weighted by molar-refractivity contribution is -0.136. The van der Waals surface area contributed by atoms with Crippen LogP contribution in [0.4, 0.5) is 5.69 Å². The van der Waals surface area contributed by atoms with E-state index in [0.29, 0.717) is 18.0 Å². The number of carbonyl (C=O) groups is 2. The highest BCUT2D eigenvalue weighted by atomic mass is 32.2. The van der Waals surface area contributed by atoms with Gasteiger partial charge in [-0.1, -0.05) is 17.7 Å². The summed E-state index contributed by atoms with van der Waals surface area (Å²) in [6.45, 7) is 6.16. The van der Waals surface area contributed by atoms with Crippen molar-refractivity contribution in [2.75, 3.05) is 11.9 Å². The Labute approximate surface area is 162 Å². The van der Waals surface area contributed by atoms with E-state index in [0.717, 1.165) is 27.8 Å². The molecule has 1 unspecified atom stereocenters. The number of benzene rings is 2. The molecule has 0 spiro atoms. The summed E-state index contributed by atoms with van der Waals surface area (Å²) in [5.74, 6) is -0.808. The molecule has 0 saturated carbocycles. The van der Waals surface area contributed by atoms with Crippen molar-refractivity contribution in [3.63, 3.8) is 0 Å². The van der Waals surface area contributed by atoms with Gasteiger partial charge in [0.25, 0.3) is 0 Å². The molecular weight excluding hydrogens is 362 g/mol. The molecule has 2 aromatic carbocycles. The van der Waals surface area contributed by atoms with E-state index in [-0.39, 0.29) is 6.04 Å². The normalized spacial score (nSPS) is 11.2. The first kappa shape index (κ1) is 20.3. The molecule has 27 heavy (non-hydrogen) atoms. The van der Waals surface area contributed by atoms with Gasteiger partial charge in [0.15, 0.2) is 0 Å². The van der Waals surface area contributed by atoms with Crippen molar-refractivity contribution in [1.82, 2.24) is 5.32 Å². The van der Waals surface area contributed by atoms with Crippen LogP contribution in [0.25, 0.3) is 0 Å². The summed E-state index contributed by atoms with van der Waals surface area (Å²) in [6, 6.07) is 12.0. The molecule has 0 aliphatic heterocycles. The van der Waals surface area contributed by atoms with Crippen LogP contribution in [0, 0.1) is 17.6 Å². The molecule has 2 aromatic rings. The van der Waals surface area contributed by atoms with Crippen molar-refractivity contribution >= 4 is 29.3 Å². The van der Waals surface area contributed by atoms with E-state index in [1.165, 1.54) is 0 Å². The number of thiocyanates is 1. The van der Waals surface area contributed by atoms with E-state index < -0.39 is 11.8 Å². The highest BCUT2D eigenvalue weighted by Crippen LogP contribution is 2.26. The fourth-order valence-corrected chi connectivity index (χ4v) is 2.86. The Morgan fingerprint density at radius 3 is 2.52 bits per heavy atom. The fraction of sp³-hybridized carbons (Fsp3) is 0.250. The van der Waals surface area contributed by atoms with E-state index >= 15 is 0 Å². The van der Waals surface area contributed by atoms with Crippen molar-refractivity contribution in [2.45, 2.75) is 31.7 Å². The van der Waals surface area contributed by atoms with Crippen LogP contribution >= 0.6 is 11.8 Å². The third-order valence-electron chi connectivity index (χ3n) is 3.76. The van der Waals surface area contributed by atoms with Gasteiger partial charge in [0, 0.05) is 16.1 Å². The maximum atomic E-state index is 12.2. The SMILES string of the molecule is CCOc1ccc(C)cc1C(C)NC(=O)C(=O)Nc1ccc(SC#N)cc1. The van der Waals surface area contributed by atoms with Crippen LogP contribution in [0.5, 0.6) is 5.75 Å². The second-order valence-corrected chi connectivity index (χ2v) is 6.70. The molecule has 1 atom stereocenters. The summed E-state index contributed by atoms with van der Waals surface area (Å²) >= 11 is 1.02. The van der Waals surface area contributed by atoms with Crippen molar-refractivity contribution in [1.29, 1.82) is 5.26 Å². The average molecular weight is 383 g/mol. The van der Waals surface area contributed by atoms with Crippen molar-refractivity contribution in [3.05, 3.63) is 53.6 Å². The lowest BCUT2D eigenvalue weighted by Gasteiger charge is -2.18. The monoisotopic (exact) mass is 383 g/mol. The Kier molecular flexibility index (Phi) is 7.26. The van der Waals surface area contributed by atoms with Gasteiger partial charge in [-0.25, -0.2) is 0 Å². The molecule has 0 radical (unpaired) electrons. The molecule has 140 valence electrons. The summed E-state index contributed by atoms with van der Waals surface area (Å²) in [4.78, 5) is 25.2. The van der Waals surface area contributed by atoms with E-state index in [9.17, 15) is 9.59 Å². The molecule has 0 aliphatic carbocycles. The molecule has 0 bridgehead atoms. The standard InChI is InChI=1S/C20H21N3O3S/c1-4-26-18-10-5-13(2)11-17(18)14(3)22-19(24)20(25)23-15-6-8-16(9-7-15)27-12-21/h5-11,14H,4H2,1-3H3,(H,22,24)(H,23,25). The van der Waals surface area contributed by atoms with Gasteiger partial charge in [0.2, 0.25) is 0 Å². The molecule has 0 aromatic heterocycles. The molecule has 0 fully saturated rings. The first-order valence-corrected chi connectivity index (χ1v) is 9.27. The Morgan fingerprint density at radius 1 is 1.19 bits per heavy atom. The van der Waals surface area contributed by atoms with E-state index in [4.69, 9.17) is 10.00 Å². The third-order valence-corrected chi connectivity index (χ3v) is 4.36. The van der Waals surface area contributed by atoms with Crippen LogP contribution in [0.3, 0.4) is 0 Å². The second-order valence-electron chi connectivity index (χ2n) is 5.84. The minimum Gasteiger partial charge on any atom is -0.494 e. The van der Waals surface area contributed by atoms with Gasteiger partial charge in [0.05, 0.1) is 12.6 Å². The van der Waals surface area contributed by atoms with Crippen LogP contribution in [0.2, 0.25) is 0 Å². The summed E-state index contributed by atoms with van der Waals surface area (Å²) in [7, 11) is 0. The summed E-state index contributed by atoms with van der Waals surface area (Å²) < 4.78 is 5.61. The van der Waals surface area contributed by atoms with E-state index in [1.807, 2.05) is 37.4 Å². The number of amides is 2. The van der Waals surface area contributed by atoms with Crippen LogP contribution < -0.4 is 15.4 Å². The van der Waals surface area contributed by atoms with Crippen LogP contribution in [0.15, 0.2) is 47.4 Å². The predicted molar refractivity (Wildman–Crippen MR) is 105 cm³/mol. The minimum atomic E-state index is -0.756. The second kappa shape index (κ2) is 9.64. The smallest absolute Gasteiger partial charge is 0.313 e. The summed E-state index contributed by atoms with van der Waals surface area (Å²) in [5, 5.41) is 15.8. The van der Waals surface area contributed by atoms with Gasteiger partial charge in [-0.15, -0.1) is 0 Å². The lowest BCUT2D eigenvalue weighted by Crippen LogP contribution is -2.37. The van der Waals surface area contributed by atoms with Gasteiger partial charge in [-0.05, 0) is 62.9 Å². The van der Waals surface area contributed by atoms with Crippen LogP contribution in [-0.2, 0) is 9.59 Å². The Bertz CT molecular complexity index is 860. The highest BCUT2D eigenvalue weighted by Gasteiger charge is 2.19. The fourth-order valence-electron chi connectivity index (χ4n) is 2.48. The zero-order valence-electron chi connectivity index (χ0n) is 15.4. The molecule has 2 rings (SSSR count). The number of aryl methyl sites for hydroxylation is 1. The number of anilines is 1. The quantitative estimate of drug-likeness (QED) is 0.450. The first-order chi connectivity index (χ1) is 12.9. The maximum Gasteiger partial charge on any atom is 0.313 e. The number of ether oxygens (including phenoxy) is 1.